The average Bonchev–Trinajstić information content (AvgIpc) is 3.13. The molecule has 0 bridgehead atoms. The van der Waals surface area contributed by atoms with E-state index in [0.717, 1.165) is 16.5 Å². The van der Waals surface area contributed by atoms with Gasteiger partial charge in [-0.25, -0.2) is 8.70 Å². The van der Waals surface area contributed by atoms with Crippen molar-refractivity contribution < 1.29 is 4.39 Å². The number of aromatic nitrogens is 1. The molecule has 0 fully saturated rings. The van der Waals surface area contributed by atoms with E-state index in [2.05, 4.69) is 16.6 Å². The molecule has 1 aromatic heterocycles. The van der Waals surface area contributed by atoms with E-state index in [4.69, 9.17) is 0 Å². The van der Waals surface area contributed by atoms with Crippen LogP contribution in [0.25, 0.3) is 0 Å². The summed E-state index contributed by atoms with van der Waals surface area (Å²) in [5, 5.41) is 3.99. The number of nitrogens with one attached hydrogen (secondary N) is 2. The van der Waals surface area contributed by atoms with Crippen molar-refractivity contribution >= 4 is 35.3 Å². The minimum Gasteiger partial charge on any atom is -0.351 e. The minimum atomic E-state index is -0.418. The van der Waals surface area contributed by atoms with Gasteiger partial charge in [-0.15, -0.1) is 11.8 Å². The van der Waals surface area contributed by atoms with Gasteiger partial charge in [0.1, 0.15) is 16.5 Å². The molecule has 0 radical (unpaired) electrons. The Hall–Kier alpha value is -1.64. The molecule has 156 valence electrons. The fourth-order valence-electron chi connectivity index (χ4n) is 2.50. The van der Waals surface area contributed by atoms with Crippen LogP contribution in [0.2, 0.25) is 0 Å². The number of allylic oxidation sites excluding steroid dienone is 4. The number of hydrogen-bond acceptors (Lipinski definition) is 6. The lowest BCUT2D eigenvalue weighted by atomic mass is 10.2. The van der Waals surface area contributed by atoms with Crippen molar-refractivity contribution in [2.45, 2.75) is 46.2 Å². The van der Waals surface area contributed by atoms with Gasteiger partial charge in [0.25, 0.3) is 5.56 Å². The maximum atomic E-state index is 14.5. The van der Waals surface area contributed by atoms with E-state index in [1.165, 1.54) is 18.2 Å². The Balaban J connectivity index is 0.00000190. The highest BCUT2D eigenvalue weighted by Crippen LogP contribution is 2.40. The van der Waals surface area contributed by atoms with Crippen molar-refractivity contribution in [1.29, 1.82) is 0 Å². The van der Waals surface area contributed by atoms with Crippen LogP contribution in [0.5, 0.6) is 0 Å². The first-order valence-electron chi connectivity index (χ1n) is 9.23. The lowest BCUT2D eigenvalue weighted by Crippen LogP contribution is -2.24. The monoisotopic (exact) mass is 426 g/mol. The first-order chi connectivity index (χ1) is 13.3. The molecule has 0 saturated carbocycles. The van der Waals surface area contributed by atoms with Crippen LogP contribution in [-0.2, 0) is 6.54 Å². The third-order valence-corrected chi connectivity index (χ3v) is 5.46. The molecule has 2 rings (SSSR count). The molecular formula is C20H31FN4OS2. The summed E-state index contributed by atoms with van der Waals surface area (Å²) in [7, 11) is 3.85. The van der Waals surface area contributed by atoms with Crippen LogP contribution in [0.4, 0.5) is 15.8 Å². The topological polar surface area (TPSA) is 49.3 Å². The summed E-state index contributed by atoms with van der Waals surface area (Å²) in [5.41, 5.74) is 2.83. The zero-order valence-electron chi connectivity index (χ0n) is 17.8. The van der Waals surface area contributed by atoms with Crippen molar-refractivity contribution in [3.63, 3.8) is 0 Å². The standard InChI is InChI=1S/C18H25FN4OS2.C2H6/c1-7-14(13(19)10-11(2)3)20-15-12(4)17(24)23-8-9-25-18(23)16(15)21-26-22(5)6;1-2/h7,10,20-21H,2,8-9H2,1,3-6H3;1-2H3/b13-10+,14-7+;. The summed E-state index contributed by atoms with van der Waals surface area (Å²) < 4.78 is 21.5. The van der Waals surface area contributed by atoms with E-state index in [9.17, 15) is 9.18 Å². The van der Waals surface area contributed by atoms with Crippen LogP contribution in [0.3, 0.4) is 0 Å². The van der Waals surface area contributed by atoms with E-state index in [0.29, 0.717) is 29.1 Å². The van der Waals surface area contributed by atoms with Gasteiger partial charge in [0, 0.05) is 30.0 Å². The number of anilines is 2. The summed E-state index contributed by atoms with van der Waals surface area (Å²) in [4.78, 5) is 12.7. The Morgan fingerprint density at radius 2 is 2.00 bits per heavy atom. The minimum absolute atomic E-state index is 0.0485. The number of thioether (sulfide) groups is 1. The molecule has 28 heavy (non-hydrogen) atoms. The van der Waals surface area contributed by atoms with Crippen molar-refractivity contribution in [3.05, 3.63) is 51.7 Å². The quantitative estimate of drug-likeness (QED) is 0.439. The average molecular weight is 427 g/mol. The molecule has 0 aromatic carbocycles. The molecule has 1 aliphatic rings. The SMILES string of the molecule is C=C(C)/C=C(F)\C(=C/C)Nc1c(NSN(C)C)c2n(c(=O)c1C)CCS2.CC. The summed E-state index contributed by atoms with van der Waals surface area (Å²) in [6.45, 7) is 13.6. The molecule has 0 atom stereocenters. The van der Waals surface area contributed by atoms with E-state index in [1.54, 1.807) is 43.2 Å². The summed E-state index contributed by atoms with van der Waals surface area (Å²) in [5.74, 6) is 0.429. The fourth-order valence-corrected chi connectivity index (χ4v) is 4.14. The normalized spacial score (nSPS) is 13.8. The lowest BCUT2D eigenvalue weighted by Gasteiger charge is -2.21. The van der Waals surface area contributed by atoms with Gasteiger partial charge in [0.15, 0.2) is 0 Å². The van der Waals surface area contributed by atoms with Gasteiger partial charge in [-0.3, -0.25) is 4.79 Å². The second-order valence-electron chi connectivity index (χ2n) is 6.16. The summed E-state index contributed by atoms with van der Waals surface area (Å²) in [6, 6.07) is 0. The molecule has 0 spiro atoms. The molecule has 2 N–H and O–H groups in total. The van der Waals surface area contributed by atoms with E-state index >= 15 is 0 Å². The Morgan fingerprint density at radius 1 is 1.36 bits per heavy atom. The predicted octanol–water partition coefficient (Wildman–Crippen LogP) is 5.57. The number of rotatable bonds is 7. The molecule has 0 saturated heterocycles. The van der Waals surface area contributed by atoms with Crippen LogP contribution >= 0.6 is 23.9 Å². The van der Waals surface area contributed by atoms with Crippen LogP contribution < -0.4 is 15.6 Å². The Labute approximate surface area is 176 Å². The number of pyridine rings is 1. The Kier molecular flexibility index (Phi) is 9.92. The zero-order valence-corrected chi connectivity index (χ0v) is 19.4. The predicted molar refractivity (Wildman–Crippen MR) is 124 cm³/mol. The third-order valence-electron chi connectivity index (χ3n) is 3.71. The number of nitrogens with zero attached hydrogens (tertiary/aromatic N) is 2. The summed E-state index contributed by atoms with van der Waals surface area (Å²) in [6.07, 6.45) is 3.02. The Morgan fingerprint density at radius 3 is 2.54 bits per heavy atom. The third kappa shape index (κ3) is 5.93. The van der Waals surface area contributed by atoms with Gasteiger partial charge in [-0.2, -0.15) is 0 Å². The molecule has 2 heterocycles. The van der Waals surface area contributed by atoms with Gasteiger partial charge in [-0.1, -0.05) is 32.1 Å². The molecule has 1 aromatic rings. The van der Waals surface area contributed by atoms with E-state index < -0.39 is 5.83 Å². The smallest absolute Gasteiger partial charge is 0.256 e. The molecular weight excluding hydrogens is 395 g/mol. The van der Waals surface area contributed by atoms with Gasteiger partial charge in [0.05, 0.1) is 11.4 Å². The highest BCUT2D eigenvalue weighted by atomic mass is 32.2. The van der Waals surface area contributed by atoms with Crippen LogP contribution in [-0.4, -0.2) is 28.7 Å². The van der Waals surface area contributed by atoms with Crippen molar-refractivity contribution in [1.82, 2.24) is 8.87 Å². The van der Waals surface area contributed by atoms with Crippen LogP contribution in [0.15, 0.2) is 45.6 Å². The van der Waals surface area contributed by atoms with Crippen molar-refractivity contribution in [2.24, 2.45) is 0 Å². The van der Waals surface area contributed by atoms with Gasteiger partial charge >= 0.3 is 0 Å². The van der Waals surface area contributed by atoms with Crippen molar-refractivity contribution in [2.75, 3.05) is 29.9 Å². The van der Waals surface area contributed by atoms with Crippen LogP contribution in [0, 0.1) is 6.92 Å². The van der Waals surface area contributed by atoms with Gasteiger partial charge < -0.3 is 14.6 Å². The second-order valence-corrected chi connectivity index (χ2v) is 8.36. The maximum Gasteiger partial charge on any atom is 0.256 e. The Bertz CT molecular complexity index is 828. The zero-order chi connectivity index (χ0) is 21.4. The van der Waals surface area contributed by atoms with E-state index in [1.807, 2.05) is 32.2 Å². The second kappa shape index (κ2) is 11.4. The fraction of sp³-hybridized carbons (Fsp3) is 0.450. The van der Waals surface area contributed by atoms with Gasteiger partial charge in [-0.05, 0) is 40.9 Å². The molecule has 1 aliphatic heterocycles. The van der Waals surface area contributed by atoms with E-state index in [-0.39, 0.29) is 5.56 Å². The van der Waals surface area contributed by atoms with Gasteiger partial charge in [0.2, 0.25) is 0 Å². The van der Waals surface area contributed by atoms with Crippen molar-refractivity contribution in [3.8, 4) is 0 Å². The largest absolute Gasteiger partial charge is 0.351 e. The first-order valence-corrected chi connectivity index (χ1v) is 11.0. The molecule has 8 heteroatoms. The first kappa shape index (κ1) is 24.4. The maximum absolute atomic E-state index is 14.5. The summed E-state index contributed by atoms with van der Waals surface area (Å²) >= 11 is 3.03. The molecule has 0 aliphatic carbocycles. The molecule has 0 unspecified atom stereocenters. The highest BCUT2D eigenvalue weighted by molar-refractivity contribution is 8.00. The lowest BCUT2D eigenvalue weighted by molar-refractivity contribution is 0.651. The number of hydrogen-bond donors (Lipinski definition) is 2. The highest BCUT2D eigenvalue weighted by Gasteiger charge is 2.24. The number of halogens is 1. The molecule has 0 amide bonds. The van der Waals surface area contributed by atoms with Crippen LogP contribution in [0.1, 0.15) is 33.3 Å². The number of fused-ring (bicyclic) bond motifs is 1. The molecule has 5 nitrogen and oxygen atoms in total.